The van der Waals surface area contributed by atoms with E-state index in [4.69, 9.17) is 20.4 Å². The third-order valence-electron chi connectivity index (χ3n) is 1.90. The number of carbonyl (C=O) groups is 1. The summed E-state index contributed by atoms with van der Waals surface area (Å²) in [6, 6.07) is 5.16. The van der Waals surface area contributed by atoms with Crippen LogP contribution in [0.5, 0.6) is 0 Å². The van der Waals surface area contributed by atoms with Gasteiger partial charge in [0.15, 0.2) is 0 Å². The molecule has 0 bridgehead atoms. The molecule has 0 aliphatic carbocycles. The molecule has 60 valence electrons. The van der Waals surface area contributed by atoms with Gasteiger partial charge in [0.2, 0.25) is 0 Å². The summed E-state index contributed by atoms with van der Waals surface area (Å²) in [5.41, 5.74) is 0.916. The fraction of sp³-hybridized carbons (Fsp3) is 0.125. The lowest BCUT2D eigenvalue weighted by atomic mass is 9.61. The monoisotopic (exact) mass is 232 g/mol. The van der Waals surface area contributed by atoms with E-state index in [1.54, 1.807) is 18.2 Å². The highest BCUT2D eigenvalue weighted by Gasteiger charge is 2.37. The van der Waals surface area contributed by atoms with Crippen molar-refractivity contribution in [2.45, 2.75) is 5.40 Å². The number of benzene rings is 1. The van der Waals surface area contributed by atoms with Crippen LogP contribution >= 0.6 is 15.9 Å². The highest BCUT2D eigenvalue weighted by atomic mass is 79.9. The second-order valence-electron chi connectivity index (χ2n) is 2.85. The SMILES string of the molecule is [B]C1([B])OC(=O)c2c(Br)cccc21. The van der Waals surface area contributed by atoms with Crippen LogP contribution in [0.15, 0.2) is 22.7 Å². The number of hydrogen-bond donors (Lipinski definition) is 0. The summed E-state index contributed by atoms with van der Waals surface area (Å²) >= 11 is 3.23. The Kier molecular flexibility index (Phi) is 1.80. The summed E-state index contributed by atoms with van der Waals surface area (Å²) in [6.45, 7) is 0. The average Bonchev–Trinajstić information content (AvgIpc) is 2.24. The minimum absolute atomic E-state index is 0.410. The molecule has 13 heavy (non-hydrogen) atoms. The molecule has 1 heterocycles. The summed E-state index contributed by atoms with van der Waals surface area (Å²) in [7, 11) is 11.1. The van der Waals surface area contributed by atoms with Crippen molar-refractivity contribution in [1.82, 2.24) is 0 Å². The maximum atomic E-state index is 11.3. The molecule has 0 fully saturated rings. The molecule has 0 saturated carbocycles. The van der Waals surface area contributed by atoms with E-state index in [-0.39, 0.29) is 0 Å². The molecule has 0 saturated heterocycles. The second kappa shape index (κ2) is 2.64. The first-order valence-electron chi connectivity index (χ1n) is 3.62. The number of rotatable bonds is 0. The van der Waals surface area contributed by atoms with Gasteiger partial charge in [0.25, 0.3) is 0 Å². The van der Waals surface area contributed by atoms with E-state index in [2.05, 4.69) is 15.9 Å². The van der Waals surface area contributed by atoms with E-state index >= 15 is 0 Å². The average molecular weight is 233 g/mol. The minimum atomic E-state index is -1.49. The van der Waals surface area contributed by atoms with Crippen LogP contribution in [-0.2, 0) is 10.1 Å². The van der Waals surface area contributed by atoms with E-state index in [9.17, 15) is 4.79 Å². The van der Waals surface area contributed by atoms with Gasteiger partial charge in [-0.1, -0.05) is 12.1 Å². The molecule has 1 aliphatic rings. The van der Waals surface area contributed by atoms with E-state index in [0.717, 1.165) is 0 Å². The number of ether oxygens (including phenoxy) is 1. The van der Waals surface area contributed by atoms with Gasteiger partial charge in [0.05, 0.1) is 11.0 Å². The first kappa shape index (κ1) is 8.88. The van der Waals surface area contributed by atoms with Crippen molar-refractivity contribution < 1.29 is 9.53 Å². The molecule has 5 heteroatoms. The van der Waals surface area contributed by atoms with Gasteiger partial charge in [-0.05, 0) is 27.6 Å². The smallest absolute Gasteiger partial charge is 0.338 e. The third-order valence-corrected chi connectivity index (χ3v) is 2.56. The van der Waals surface area contributed by atoms with Crippen molar-refractivity contribution >= 4 is 37.6 Å². The Balaban J connectivity index is 2.72. The first-order chi connectivity index (χ1) is 6.02. The van der Waals surface area contributed by atoms with Gasteiger partial charge in [-0.3, -0.25) is 0 Å². The molecule has 0 amide bonds. The van der Waals surface area contributed by atoms with Crippen LogP contribution in [0.25, 0.3) is 0 Å². The highest BCUT2D eigenvalue weighted by Crippen LogP contribution is 2.35. The van der Waals surface area contributed by atoms with Gasteiger partial charge in [-0.2, -0.15) is 0 Å². The van der Waals surface area contributed by atoms with Gasteiger partial charge in [0, 0.05) is 4.47 Å². The number of cyclic esters (lactones) is 1. The van der Waals surface area contributed by atoms with Gasteiger partial charge in [0.1, 0.15) is 15.7 Å². The van der Waals surface area contributed by atoms with Gasteiger partial charge < -0.3 is 4.74 Å². The number of esters is 1. The summed E-state index contributed by atoms with van der Waals surface area (Å²) < 4.78 is 5.43. The Morgan fingerprint density at radius 3 is 2.69 bits per heavy atom. The molecular formula is C8H3B2BrO2. The predicted octanol–water partition coefficient (Wildman–Crippen LogP) is 1.07. The van der Waals surface area contributed by atoms with E-state index in [0.29, 0.717) is 15.6 Å². The van der Waals surface area contributed by atoms with Crippen molar-refractivity contribution in [3.8, 4) is 0 Å². The van der Waals surface area contributed by atoms with Crippen LogP contribution in [0.3, 0.4) is 0 Å². The van der Waals surface area contributed by atoms with Crippen molar-refractivity contribution in [2.75, 3.05) is 0 Å². The topological polar surface area (TPSA) is 26.3 Å². The molecule has 1 aliphatic heterocycles. The van der Waals surface area contributed by atoms with Crippen LogP contribution in [-0.4, -0.2) is 21.7 Å². The van der Waals surface area contributed by atoms with Crippen LogP contribution < -0.4 is 0 Å². The third kappa shape index (κ3) is 1.22. The van der Waals surface area contributed by atoms with Gasteiger partial charge in [-0.25, -0.2) is 4.79 Å². The first-order valence-corrected chi connectivity index (χ1v) is 4.42. The Hall–Kier alpha value is -0.700. The van der Waals surface area contributed by atoms with Gasteiger partial charge in [-0.15, -0.1) is 0 Å². The minimum Gasteiger partial charge on any atom is -0.471 e. The fourth-order valence-electron chi connectivity index (χ4n) is 1.32. The van der Waals surface area contributed by atoms with Crippen LogP contribution in [0.2, 0.25) is 0 Å². The molecule has 1 aromatic carbocycles. The van der Waals surface area contributed by atoms with Crippen molar-refractivity contribution in [3.63, 3.8) is 0 Å². The zero-order valence-electron chi connectivity index (χ0n) is 6.58. The Labute approximate surface area is 86.6 Å². The Morgan fingerprint density at radius 1 is 1.38 bits per heavy atom. The molecule has 0 spiro atoms. The lowest BCUT2D eigenvalue weighted by Gasteiger charge is -2.18. The van der Waals surface area contributed by atoms with Crippen LogP contribution in [0.4, 0.5) is 0 Å². The zero-order valence-corrected chi connectivity index (χ0v) is 8.17. The number of fused-ring (bicyclic) bond motifs is 1. The number of hydrogen-bond acceptors (Lipinski definition) is 2. The second-order valence-corrected chi connectivity index (χ2v) is 3.70. The van der Waals surface area contributed by atoms with Crippen LogP contribution in [0, 0.1) is 0 Å². The number of carbonyl (C=O) groups excluding carboxylic acids is 1. The fourth-order valence-corrected chi connectivity index (χ4v) is 1.84. The maximum absolute atomic E-state index is 11.3. The molecular weight excluding hydrogens is 230 g/mol. The summed E-state index contributed by atoms with van der Waals surface area (Å²) in [5.74, 6) is -0.493. The zero-order chi connectivity index (χ0) is 9.64. The molecule has 0 atom stereocenters. The number of halogens is 1. The maximum Gasteiger partial charge on any atom is 0.338 e. The summed E-state index contributed by atoms with van der Waals surface area (Å²) in [4.78, 5) is 11.3. The van der Waals surface area contributed by atoms with E-state index in [1.165, 1.54) is 0 Å². The van der Waals surface area contributed by atoms with Crippen molar-refractivity contribution in [1.29, 1.82) is 0 Å². The Morgan fingerprint density at radius 2 is 2.08 bits per heavy atom. The molecule has 2 rings (SSSR count). The lowest BCUT2D eigenvalue weighted by Crippen LogP contribution is -2.26. The Bertz CT molecular complexity index is 390. The van der Waals surface area contributed by atoms with Crippen LogP contribution in [0.1, 0.15) is 15.9 Å². The molecule has 0 unspecified atom stereocenters. The summed E-state index contributed by atoms with van der Waals surface area (Å²) in [5, 5.41) is -1.49. The summed E-state index contributed by atoms with van der Waals surface area (Å²) in [6.07, 6.45) is 0. The molecule has 2 nitrogen and oxygen atoms in total. The van der Waals surface area contributed by atoms with Gasteiger partial charge >= 0.3 is 5.97 Å². The van der Waals surface area contributed by atoms with E-state index < -0.39 is 11.4 Å². The largest absolute Gasteiger partial charge is 0.471 e. The van der Waals surface area contributed by atoms with Crippen molar-refractivity contribution in [3.05, 3.63) is 33.8 Å². The standard InChI is InChI=1S/C8H3B2BrO2/c9-8(10)4-2-1-3-5(11)6(4)7(12)13-8/h1-3H. The molecule has 1 aromatic rings. The lowest BCUT2D eigenvalue weighted by molar-refractivity contribution is 0.0444. The molecule has 4 radical (unpaired) electrons. The highest BCUT2D eigenvalue weighted by molar-refractivity contribution is 9.10. The predicted molar refractivity (Wildman–Crippen MR) is 52.7 cm³/mol. The molecule has 0 N–H and O–H groups in total. The quantitative estimate of drug-likeness (QED) is 0.494. The van der Waals surface area contributed by atoms with E-state index in [1.807, 2.05) is 0 Å². The molecule has 0 aromatic heterocycles. The normalized spacial score (nSPS) is 18.1. The van der Waals surface area contributed by atoms with Crippen molar-refractivity contribution in [2.24, 2.45) is 0 Å².